The van der Waals surface area contributed by atoms with Gasteiger partial charge in [0.2, 0.25) is 0 Å². The second-order valence-corrected chi connectivity index (χ2v) is 6.58. The van der Waals surface area contributed by atoms with E-state index in [1.165, 1.54) is 5.56 Å². The first-order valence-electron chi connectivity index (χ1n) is 5.88. The molecule has 0 spiro atoms. The summed E-state index contributed by atoms with van der Waals surface area (Å²) in [6, 6.07) is 6.11. The van der Waals surface area contributed by atoms with Crippen molar-refractivity contribution in [3.8, 4) is 0 Å². The molecule has 0 amide bonds. The van der Waals surface area contributed by atoms with Crippen LogP contribution in [0.25, 0.3) is 0 Å². The van der Waals surface area contributed by atoms with E-state index < -0.39 is 0 Å². The highest BCUT2D eigenvalue weighted by atomic mass is 79.9. The van der Waals surface area contributed by atoms with Gasteiger partial charge in [0.15, 0.2) is 0 Å². The summed E-state index contributed by atoms with van der Waals surface area (Å²) in [6.45, 7) is 8.58. The van der Waals surface area contributed by atoms with Crippen LogP contribution in [0.4, 0.5) is 0 Å². The van der Waals surface area contributed by atoms with E-state index in [1.54, 1.807) is 0 Å². The zero-order valence-electron chi connectivity index (χ0n) is 10.3. The molecule has 1 fully saturated rings. The molecule has 0 atom stereocenters. The predicted octanol–water partition coefficient (Wildman–Crippen LogP) is 3.29. The van der Waals surface area contributed by atoms with Crippen LogP contribution < -0.4 is 5.32 Å². The number of halogens is 2. The number of nitrogens with zero attached hydrogens (tertiary/aromatic N) is 1. The number of rotatable bonds is 2. The smallest absolute Gasteiger partial charge is 0.0462 e. The lowest BCUT2D eigenvalue weighted by Crippen LogP contribution is -2.56. The number of piperazine rings is 1. The maximum Gasteiger partial charge on any atom is 0.0462 e. The van der Waals surface area contributed by atoms with Gasteiger partial charge in [-0.3, -0.25) is 4.90 Å². The third-order valence-electron chi connectivity index (χ3n) is 3.06. The molecule has 17 heavy (non-hydrogen) atoms. The number of hydrogen-bond acceptors (Lipinski definition) is 2. The van der Waals surface area contributed by atoms with Crippen molar-refractivity contribution in [2.24, 2.45) is 0 Å². The predicted molar refractivity (Wildman–Crippen MR) is 76.5 cm³/mol. The molecule has 2 nitrogen and oxygen atoms in total. The van der Waals surface area contributed by atoms with Crippen LogP contribution in [0.5, 0.6) is 0 Å². The first-order valence-corrected chi connectivity index (χ1v) is 7.05. The first kappa shape index (κ1) is 13.3. The Bertz CT molecular complexity index is 406. The molecule has 2 rings (SSSR count). The van der Waals surface area contributed by atoms with Crippen LogP contribution in [0, 0.1) is 0 Å². The minimum absolute atomic E-state index is 0.195. The van der Waals surface area contributed by atoms with Gasteiger partial charge in [-0.15, -0.1) is 0 Å². The lowest BCUT2D eigenvalue weighted by Gasteiger charge is -2.39. The quantitative estimate of drug-likeness (QED) is 0.900. The molecule has 1 aliphatic heterocycles. The molecule has 0 aromatic heterocycles. The van der Waals surface area contributed by atoms with Crippen LogP contribution in [0.3, 0.4) is 0 Å². The average Bonchev–Trinajstić information content (AvgIpc) is 2.21. The van der Waals surface area contributed by atoms with Crippen molar-refractivity contribution >= 4 is 27.5 Å². The molecule has 0 bridgehead atoms. The molecule has 0 saturated carbocycles. The Balaban J connectivity index is 2.05. The zero-order chi connectivity index (χ0) is 12.5. The largest absolute Gasteiger partial charge is 0.309 e. The molecule has 1 saturated heterocycles. The minimum Gasteiger partial charge on any atom is -0.309 e. The highest BCUT2D eigenvalue weighted by Gasteiger charge is 2.25. The second-order valence-electron chi connectivity index (χ2n) is 5.26. The van der Waals surface area contributed by atoms with Crippen LogP contribution >= 0.6 is 27.5 Å². The Labute approximate surface area is 116 Å². The molecule has 1 heterocycles. The highest BCUT2D eigenvalue weighted by Crippen LogP contribution is 2.23. The van der Waals surface area contributed by atoms with Crippen LogP contribution in [0.2, 0.25) is 5.02 Å². The van der Waals surface area contributed by atoms with Gasteiger partial charge in [0, 0.05) is 41.2 Å². The Morgan fingerprint density at radius 2 is 2.24 bits per heavy atom. The Morgan fingerprint density at radius 3 is 2.88 bits per heavy atom. The molecule has 1 N–H and O–H groups in total. The van der Waals surface area contributed by atoms with Gasteiger partial charge in [-0.25, -0.2) is 0 Å². The highest BCUT2D eigenvalue weighted by molar-refractivity contribution is 9.10. The van der Waals surface area contributed by atoms with E-state index >= 15 is 0 Å². The normalized spacial score (nSPS) is 20.5. The molecular weight excluding hydrogens is 300 g/mol. The zero-order valence-corrected chi connectivity index (χ0v) is 12.6. The second kappa shape index (κ2) is 5.27. The Hall–Kier alpha value is -0.0900. The summed E-state index contributed by atoms with van der Waals surface area (Å²) in [5.41, 5.74) is 1.40. The summed E-state index contributed by atoms with van der Waals surface area (Å²) >= 11 is 9.68. The topological polar surface area (TPSA) is 15.3 Å². The van der Waals surface area contributed by atoms with Gasteiger partial charge in [-0.05, 0) is 31.5 Å². The van der Waals surface area contributed by atoms with Crippen molar-refractivity contribution in [3.63, 3.8) is 0 Å². The van der Waals surface area contributed by atoms with Gasteiger partial charge in [-0.1, -0.05) is 33.6 Å². The summed E-state index contributed by atoms with van der Waals surface area (Å²) in [7, 11) is 0. The summed E-state index contributed by atoms with van der Waals surface area (Å²) < 4.78 is 1.03. The summed E-state index contributed by atoms with van der Waals surface area (Å²) in [6.07, 6.45) is 0. The van der Waals surface area contributed by atoms with E-state index in [0.29, 0.717) is 0 Å². The van der Waals surface area contributed by atoms with E-state index in [0.717, 1.165) is 35.7 Å². The van der Waals surface area contributed by atoms with Gasteiger partial charge in [0.05, 0.1) is 0 Å². The van der Waals surface area contributed by atoms with Gasteiger partial charge in [0.25, 0.3) is 0 Å². The van der Waals surface area contributed by atoms with E-state index in [1.807, 2.05) is 6.07 Å². The average molecular weight is 318 g/mol. The third-order valence-corrected chi connectivity index (χ3v) is 3.90. The van der Waals surface area contributed by atoms with Crippen LogP contribution in [-0.2, 0) is 6.54 Å². The van der Waals surface area contributed by atoms with Crippen molar-refractivity contribution < 1.29 is 0 Å². The Kier molecular flexibility index (Phi) is 4.14. The number of benzene rings is 1. The summed E-state index contributed by atoms with van der Waals surface area (Å²) in [4.78, 5) is 2.45. The molecule has 1 aliphatic rings. The molecule has 0 unspecified atom stereocenters. The Morgan fingerprint density at radius 1 is 1.47 bits per heavy atom. The molecule has 0 aliphatic carbocycles. The van der Waals surface area contributed by atoms with Crippen molar-refractivity contribution in [1.29, 1.82) is 0 Å². The maximum atomic E-state index is 6.25. The molecule has 1 aromatic rings. The lowest BCUT2D eigenvalue weighted by atomic mass is 10.0. The molecule has 0 radical (unpaired) electrons. The number of nitrogens with one attached hydrogen (secondary N) is 1. The van der Waals surface area contributed by atoms with Crippen molar-refractivity contribution in [2.45, 2.75) is 25.9 Å². The summed E-state index contributed by atoms with van der Waals surface area (Å²) in [5, 5.41) is 4.36. The van der Waals surface area contributed by atoms with E-state index in [9.17, 15) is 0 Å². The van der Waals surface area contributed by atoms with Crippen molar-refractivity contribution in [3.05, 3.63) is 33.3 Å². The van der Waals surface area contributed by atoms with Crippen molar-refractivity contribution in [2.75, 3.05) is 19.6 Å². The molecule has 4 heteroatoms. The third kappa shape index (κ3) is 3.68. The van der Waals surface area contributed by atoms with Gasteiger partial charge in [0.1, 0.15) is 0 Å². The monoisotopic (exact) mass is 316 g/mol. The van der Waals surface area contributed by atoms with Gasteiger partial charge < -0.3 is 5.32 Å². The minimum atomic E-state index is 0.195. The molecule has 94 valence electrons. The number of hydrogen-bond donors (Lipinski definition) is 1. The van der Waals surface area contributed by atoms with Crippen LogP contribution in [0.1, 0.15) is 19.4 Å². The van der Waals surface area contributed by atoms with E-state index in [4.69, 9.17) is 11.6 Å². The lowest BCUT2D eigenvalue weighted by molar-refractivity contribution is 0.148. The SMILES string of the molecule is CC1(C)CN(Cc2ccc(Br)cc2Cl)CCN1. The standard InChI is InChI=1S/C13H18BrClN2/c1-13(2)9-17(6-5-16-13)8-10-3-4-11(14)7-12(10)15/h3-4,7,16H,5-6,8-9H2,1-2H3. The van der Waals surface area contributed by atoms with E-state index in [2.05, 4.69) is 52.1 Å². The van der Waals surface area contributed by atoms with Gasteiger partial charge in [-0.2, -0.15) is 0 Å². The first-order chi connectivity index (χ1) is 7.96. The molecule has 1 aromatic carbocycles. The van der Waals surface area contributed by atoms with Crippen LogP contribution in [-0.4, -0.2) is 30.1 Å². The molecular formula is C13H18BrClN2. The van der Waals surface area contributed by atoms with Crippen molar-refractivity contribution in [1.82, 2.24) is 10.2 Å². The maximum absolute atomic E-state index is 6.25. The fraction of sp³-hybridized carbons (Fsp3) is 0.538. The van der Waals surface area contributed by atoms with E-state index in [-0.39, 0.29) is 5.54 Å². The van der Waals surface area contributed by atoms with Crippen LogP contribution in [0.15, 0.2) is 22.7 Å². The fourth-order valence-corrected chi connectivity index (χ4v) is 3.01. The fourth-order valence-electron chi connectivity index (χ4n) is 2.27. The van der Waals surface area contributed by atoms with Gasteiger partial charge >= 0.3 is 0 Å². The summed E-state index contributed by atoms with van der Waals surface area (Å²) in [5.74, 6) is 0.